The van der Waals surface area contributed by atoms with E-state index in [1.165, 1.54) is 32.4 Å². The topological polar surface area (TPSA) is 55.5 Å². The average molecular weight is 558 g/mol. The van der Waals surface area contributed by atoms with Crippen molar-refractivity contribution in [2.45, 2.75) is 71.8 Å². The molecule has 7 heteroatoms. The van der Waals surface area contributed by atoms with Gasteiger partial charge in [0.25, 0.3) is 5.91 Å². The Morgan fingerprint density at radius 1 is 0.927 bits per heavy atom. The molecule has 7 nitrogen and oxygen atoms in total. The molecule has 0 atom stereocenters. The highest BCUT2D eigenvalue weighted by atomic mass is 16.5. The number of hydrogen-bond acceptors (Lipinski definition) is 4. The molecule has 1 fully saturated rings. The molecule has 3 heterocycles. The highest BCUT2D eigenvalue weighted by molar-refractivity contribution is 6.00. The predicted octanol–water partition coefficient (Wildman–Crippen LogP) is 7.12. The van der Waals surface area contributed by atoms with Crippen LogP contribution in [0, 0.1) is 0 Å². The summed E-state index contributed by atoms with van der Waals surface area (Å²) in [5.41, 5.74) is 4.97. The van der Waals surface area contributed by atoms with E-state index >= 15 is 0 Å². The minimum Gasteiger partial charge on any atom is -0.497 e. The van der Waals surface area contributed by atoms with E-state index in [1.54, 1.807) is 7.11 Å². The van der Waals surface area contributed by atoms with Crippen molar-refractivity contribution in [3.8, 4) is 17.1 Å². The molecular formula is C34H47N5O2. The SMILES string of the molecule is CCCCN(CCCC)C(=O)c1ccc2nc(-c3cn(C)c4ccc(OC)cc34)n(CCCN3CCCCC3)c2c1. The Labute approximate surface area is 245 Å². The molecular weight excluding hydrogens is 510 g/mol. The number of nitrogens with zero attached hydrogens (tertiary/aromatic N) is 5. The smallest absolute Gasteiger partial charge is 0.253 e. The fourth-order valence-electron chi connectivity index (χ4n) is 6.19. The Kier molecular flexibility index (Phi) is 9.65. The number of likely N-dealkylation sites (tertiary alicyclic amines) is 1. The quantitative estimate of drug-likeness (QED) is 0.176. The van der Waals surface area contributed by atoms with E-state index < -0.39 is 0 Å². The molecule has 1 saturated heterocycles. The number of unbranched alkanes of at least 4 members (excludes halogenated alkanes) is 2. The van der Waals surface area contributed by atoms with Crippen LogP contribution in [0.15, 0.2) is 42.6 Å². The number of carbonyl (C=O) groups excluding carboxylic acids is 1. The summed E-state index contributed by atoms with van der Waals surface area (Å²) in [5, 5.41) is 1.13. The van der Waals surface area contributed by atoms with E-state index in [4.69, 9.17) is 9.72 Å². The number of fused-ring (bicyclic) bond motifs is 2. The molecule has 1 amide bonds. The molecule has 0 radical (unpaired) electrons. The standard InChI is InChI=1S/C34H47N5O2/c1-5-7-20-38(21-8-6-2)34(40)26-13-15-30-32(23-26)39(22-12-19-37-17-10-9-11-18-37)33(35-30)29-25-36(3)31-16-14-27(41-4)24-28(29)31/h13-16,23-25H,5-12,17-22H2,1-4H3. The Bertz CT molecular complexity index is 1460. The first-order valence-corrected chi connectivity index (χ1v) is 15.7. The van der Waals surface area contributed by atoms with Gasteiger partial charge >= 0.3 is 0 Å². The molecule has 2 aromatic heterocycles. The average Bonchev–Trinajstić information content (AvgIpc) is 3.53. The maximum Gasteiger partial charge on any atom is 0.253 e. The van der Waals surface area contributed by atoms with E-state index in [9.17, 15) is 4.79 Å². The molecule has 0 bridgehead atoms. The monoisotopic (exact) mass is 557 g/mol. The molecule has 220 valence electrons. The summed E-state index contributed by atoms with van der Waals surface area (Å²) >= 11 is 0. The number of amides is 1. The number of piperidine rings is 1. The van der Waals surface area contributed by atoms with Gasteiger partial charge < -0.3 is 23.7 Å². The van der Waals surface area contributed by atoms with Crippen LogP contribution >= 0.6 is 0 Å². The fourth-order valence-corrected chi connectivity index (χ4v) is 6.19. The van der Waals surface area contributed by atoms with Gasteiger partial charge in [0, 0.05) is 54.9 Å². The molecule has 1 aliphatic rings. The number of aromatic nitrogens is 3. The number of imidazole rings is 1. The lowest BCUT2D eigenvalue weighted by Crippen LogP contribution is -2.33. The third kappa shape index (κ3) is 6.45. The molecule has 41 heavy (non-hydrogen) atoms. The number of rotatable bonds is 13. The third-order valence-electron chi connectivity index (χ3n) is 8.59. The van der Waals surface area contributed by atoms with Crippen LogP contribution < -0.4 is 4.74 Å². The molecule has 5 rings (SSSR count). The van der Waals surface area contributed by atoms with Gasteiger partial charge in [-0.1, -0.05) is 33.1 Å². The Morgan fingerprint density at radius 3 is 2.39 bits per heavy atom. The van der Waals surface area contributed by atoms with Crippen molar-refractivity contribution >= 4 is 27.8 Å². The van der Waals surface area contributed by atoms with Gasteiger partial charge in [0.05, 0.1) is 18.1 Å². The maximum absolute atomic E-state index is 13.7. The number of hydrogen-bond donors (Lipinski definition) is 0. The van der Waals surface area contributed by atoms with Crippen LogP contribution in [0.3, 0.4) is 0 Å². The molecule has 2 aromatic carbocycles. The Balaban J connectivity index is 1.55. The third-order valence-corrected chi connectivity index (χ3v) is 8.59. The summed E-state index contributed by atoms with van der Waals surface area (Å²) in [6, 6.07) is 12.3. The highest BCUT2D eigenvalue weighted by Gasteiger charge is 2.21. The minimum absolute atomic E-state index is 0.131. The lowest BCUT2D eigenvalue weighted by Gasteiger charge is -2.26. The largest absolute Gasteiger partial charge is 0.497 e. The second kappa shape index (κ2) is 13.6. The number of carbonyl (C=O) groups is 1. The molecule has 0 aliphatic carbocycles. The Morgan fingerprint density at radius 2 is 1.68 bits per heavy atom. The van der Waals surface area contributed by atoms with Crippen molar-refractivity contribution in [3.63, 3.8) is 0 Å². The maximum atomic E-state index is 13.7. The van der Waals surface area contributed by atoms with Gasteiger partial charge in [-0.05, 0) is 88.1 Å². The van der Waals surface area contributed by atoms with Gasteiger partial charge in [0.1, 0.15) is 11.6 Å². The van der Waals surface area contributed by atoms with Crippen molar-refractivity contribution in [2.24, 2.45) is 7.05 Å². The van der Waals surface area contributed by atoms with E-state index in [-0.39, 0.29) is 5.91 Å². The predicted molar refractivity (Wildman–Crippen MR) is 169 cm³/mol. The van der Waals surface area contributed by atoms with Crippen molar-refractivity contribution in [1.29, 1.82) is 0 Å². The summed E-state index contributed by atoms with van der Waals surface area (Å²) in [4.78, 5) is 23.6. The number of benzene rings is 2. The van der Waals surface area contributed by atoms with Crippen molar-refractivity contribution in [3.05, 3.63) is 48.2 Å². The number of methoxy groups -OCH3 is 1. The van der Waals surface area contributed by atoms with Gasteiger partial charge in [-0.25, -0.2) is 4.98 Å². The van der Waals surface area contributed by atoms with Crippen LogP contribution in [-0.4, -0.2) is 69.7 Å². The number of ether oxygens (including phenoxy) is 1. The summed E-state index contributed by atoms with van der Waals surface area (Å²) < 4.78 is 10.1. The van der Waals surface area contributed by atoms with Gasteiger partial charge in [0.2, 0.25) is 0 Å². The zero-order chi connectivity index (χ0) is 28.8. The highest BCUT2D eigenvalue weighted by Crippen LogP contribution is 2.35. The van der Waals surface area contributed by atoms with Crippen molar-refractivity contribution in [2.75, 3.05) is 39.8 Å². The summed E-state index contributed by atoms with van der Waals surface area (Å²) in [5.74, 6) is 1.92. The van der Waals surface area contributed by atoms with E-state index in [0.717, 1.165) is 103 Å². The minimum atomic E-state index is 0.131. The lowest BCUT2D eigenvalue weighted by atomic mass is 10.1. The molecule has 0 spiro atoms. The normalized spacial score (nSPS) is 14.2. The molecule has 4 aromatic rings. The summed E-state index contributed by atoms with van der Waals surface area (Å²) in [6.45, 7) is 10.3. The summed E-state index contributed by atoms with van der Waals surface area (Å²) in [7, 11) is 3.79. The van der Waals surface area contributed by atoms with Gasteiger partial charge in [-0.2, -0.15) is 0 Å². The molecule has 0 unspecified atom stereocenters. The Hall–Kier alpha value is -3.32. The molecule has 0 N–H and O–H groups in total. The van der Waals surface area contributed by atoms with Crippen LogP contribution in [0.2, 0.25) is 0 Å². The van der Waals surface area contributed by atoms with Gasteiger partial charge in [0.15, 0.2) is 0 Å². The van der Waals surface area contributed by atoms with Crippen LogP contribution in [0.25, 0.3) is 33.3 Å². The summed E-state index contributed by atoms with van der Waals surface area (Å²) in [6.07, 6.45) is 11.4. The zero-order valence-corrected chi connectivity index (χ0v) is 25.5. The molecule has 1 aliphatic heterocycles. The van der Waals surface area contributed by atoms with Crippen LogP contribution in [-0.2, 0) is 13.6 Å². The van der Waals surface area contributed by atoms with E-state index in [0.29, 0.717) is 0 Å². The second-order valence-electron chi connectivity index (χ2n) is 11.6. The van der Waals surface area contributed by atoms with Crippen molar-refractivity contribution < 1.29 is 9.53 Å². The van der Waals surface area contributed by atoms with Gasteiger partial charge in [-0.3, -0.25) is 4.79 Å². The van der Waals surface area contributed by atoms with E-state index in [2.05, 4.69) is 59.3 Å². The first-order chi connectivity index (χ1) is 20.0. The lowest BCUT2D eigenvalue weighted by molar-refractivity contribution is 0.0751. The van der Waals surface area contributed by atoms with E-state index in [1.807, 2.05) is 23.1 Å². The van der Waals surface area contributed by atoms with Crippen LogP contribution in [0.1, 0.15) is 75.6 Å². The second-order valence-corrected chi connectivity index (χ2v) is 11.6. The number of aryl methyl sites for hydroxylation is 2. The fraction of sp³-hybridized carbons (Fsp3) is 0.529. The van der Waals surface area contributed by atoms with Gasteiger partial charge in [-0.15, -0.1) is 0 Å². The first kappa shape index (κ1) is 29.2. The molecule has 0 saturated carbocycles. The first-order valence-electron chi connectivity index (χ1n) is 15.7. The van der Waals surface area contributed by atoms with Crippen LogP contribution in [0.5, 0.6) is 5.75 Å². The zero-order valence-electron chi connectivity index (χ0n) is 25.5. The van der Waals surface area contributed by atoms with Crippen LogP contribution in [0.4, 0.5) is 0 Å². The van der Waals surface area contributed by atoms with Crippen molar-refractivity contribution in [1.82, 2.24) is 23.9 Å².